The average molecular weight is 212 g/mol. The van der Waals surface area contributed by atoms with Crippen molar-refractivity contribution in [1.29, 1.82) is 0 Å². The van der Waals surface area contributed by atoms with Gasteiger partial charge in [-0.25, -0.2) is 14.6 Å². The van der Waals surface area contributed by atoms with Crippen LogP contribution in [0.4, 0.5) is 0 Å². The zero-order valence-electron chi connectivity index (χ0n) is 8.03. The van der Waals surface area contributed by atoms with Gasteiger partial charge in [0, 0.05) is 6.54 Å². The van der Waals surface area contributed by atoms with Gasteiger partial charge in [0.2, 0.25) is 0 Å². The van der Waals surface area contributed by atoms with E-state index in [0.29, 0.717) is 22.1 Å². The lowest BCUT2D eigenvalue weighted by atomic mass is 10.4. The van der Waals surface area contributed by atoms with Gasteiger partial charge in [0.25, 0.3) is 0 Å². The molecule has 0 atom stereocenters. The Labute approximate surface area is 86.1 Å². The maximum atomic E-state index is 5.91. The standard InChI is InChI=1S/C8H10ClN5/c1-3-4-14-8-6(12-13-14)7(9)10-5(2)11-8/h3-4H2,1-2H3. The molecule has 14 heavy (non-hydrogen) atoms. The maximum Gasteiger partial charge on any atom is 0.183 e. The molecule has 0 radical (unpaired) electrons. The highest BCUT2D eigenvalue weighted by Crippen LogP contribution is 2.17. The zero-order valence-corrected chi connectivity index (χ0v) is 8.78. The molecule has 0 aliphatic rings. The molecule has 0 aromatic carbocycles. The summed E-state index contributed by atoms with van der Waals surface area (Å²) in [5.74, 6) is 0.641. The largest absolute Gasteiger partial charge is 0.227 e. The molecule has 2 rings (SSSR count). The lowest BCUT2D eigenvalue weighted by Crippen LogP contribution is -2.01. The van der Waals surface area contributed by atoms with E-state index in [1.54, 1.807) is 11.6 Å². The van der Waals surface area contributed by atoms with Gasteiger partial charge in [-0.15, -0.1) is 5.10 Å². The normalized spacial score (nSPS) is 11.1. The summed E-state index contributed by atoms with van der Waals surface area (Å²) < 4.78 is 1.75. The molecule has 6 heteroatoms. The van der Waals surface area contributed by atoms with Crippen LogP contribution in [-0.2, 0) is 6.54 Å². The Morgan fingerprint density at radius 1 is 1.36 bits per heavy atom. The lowest BCUT2D eigenvalue weighted by Gasteiger charge is -1.98. The van der Waals surface area contributed by atoms with Gasteiger partial charge in [-0.3, -0.25) is 0 Å². The highest BCUT2D eigenvalue weighted by atomic mass is 35.5. The number of nitrogens with zero attached hydrogens (tertiary/aromatic N) is 5. The van der Waals surface area contributed by atoms with E-state index in [1.807, 2.05) is 0 Å². The van der Waals surface area contributed by atoms with E-state index in [4.69, 9.17) is 11.6 Å². The van der Waals surface area contributed by atoms with Crippen LogP contribution in [0.3, 0.4) is 0 Å². The Hall–Kier alpha value is -1.23. The molecule has 0 saturated carbocycles. The summed E-state index contributed by atoms with van der Waals surface area (Å²) in [6.07, 6.45) is 0.985. The summed E-state index contributed by atoms with van der Waals surface area (Å²) in [5, 5.41) is 8.27. The minimum absolute atomic E-state index is 0.370. The number of hydrogen-bond donors (Lipinski definition) is 0. The van der Waals surface area contributed by atoms with Crippen molar-refractivity contribution in [2.24, 2.45) is 0 Å². The van der Waals surface area contributed by atoms with E-state index < -0.39 is 0 Å². The molecule has 0 spiro atoms. The Morgan fingerprint density at radius 2 is 2.14 bits per heavy atom. The molecular formula is C8H10ClN5. The molecule has 0 unspecified atom stereocenters. The quantitative estimate of drug-likeness (QED) is 0.708. The van der Waals surface area contributed by atoms with E-state index in [-0.39, 0.29) is 0 Å². The molecule has 74 valence electrons. The third-order valence-corrected chi connectivity index (χ3v) is 2.13. The molecule has 5 nitrogen and oxygen atoms in total. The van der Waals surface area contributed by atoms with Crippen molar-refractivity contribution in [2.45, 2.75) is 26.8 Å². The van der Waals surface area contributed by atoms with Gasteiger partial charge in [0.1, 0.15) is 5.82 Å². The SMILES string of the molecule is CCCn1nnc2c(Cl)nc(C)nc21. The van der Waals surface area contributed by atoms with Crippen LogP contribution >= 0.6 is 11.6 Å². The van der Waals surface area contributed by atoms with Crippen LogP contribution < -0.4 is 0 Å². The first-order chi connectivity index (χ1) is 6.72. The minimum atomic E-state index is 0.370. The van der Waals surface area contributed by atoms with Gasteiger partial charge < -0.3 is 0 Å². The van der Waals surface area contributed by atoms with E-state index in [1.165, 1.54) is 0 Å². The molecular weight excluding hydrogens is 202 g/mol. The maximum absolute atomic E-state index is 5.91. The second-order valence-electron chi connectivity index (χ2n) is 3.05. The predicted octanol–water partition coefficient (Wildman–Crippen LogP) is 1.59. The first kappa shape index (κ1) is 9.33. The Balaban J connectivity index is 2.66. The number of halogens is 1. The molecule has 0 amide bonds. The molecule has 0 aliphatic heterocycles. The van der Waals surface area contributed by atoms with E-state index in [9.17, 15) is 0 Å². The van der Waals surface area contributed by atoms with Gasteiger partial charge >= 0.3 is 0 Å². The first-order valence-electron chi connectivity index (χ1n) is 4.45. The van der Waals surface area contributed by atoms with Gasteiger partial charge in [-0.05, 0) is 13.3 Å². The van der Waals surface area contributed by atoms with E-state index in [2.05, 4.69) is 27.2 Å². The van der Waals surface area contributed by atoms with Gasteiger partial charge in [0.05, 0.1) is 0 Å². The summed E-state index contributed by atoms with van der Waals surface area (Å²) in [7, 11) is 0. The van der Waals surface area contributed by atoms with Crippen molar-refractivity contribution in [2.75, 3.05) is 0 Å². The van der Waals surface area contributed by atoms with Crippen molar-refractivity contribution in [3.8, 4) is 0 Å². The van der Waals surface area contributed by atoms with Crippen molar-refractivity contribution in [1.82, 2.24) is 25.0 Å². The number of aryl methyl sites for hydroxylation is 2. The summed E-state index contributed by atoms with van der Waals surface area (Å²) in [4.78, 5) is 8.27. The average Bonchev–Trinajstić information content (AvgIpc) is 2.49. The van der Waals surface area contributed by atoms with Crippen molar-refractivity contribution < 1.29 is 0 Å². The lowest BCUT2D eigenvalue weighted by molar-refractivity contribution is 0.591. The van der Waals surface area contributed by atoms with Crippen LogP contribution in [0.15, 0.2) is 0 Å². The molecule has 0 aliphatic carbocycles. The Morgan fingerprint density at radius 3 is 2.86 bits per heavy atom. The summed E-state index contributed by atoms with van der Waals surface area (Å²) >= 11 is 5.91. The fourth-order valence-electron chi connectivity index (χ4n) is 1.29. The van der Waals surface area contributed by atoms with Gasteiger partial charge in [-0.1, -0.05) is 23.7 Å². The highest BCUT2D eigenvalue weighted by molar-refractivity contribution is 6.33. The Bertz CT molecular complexity index is 464. The predicted molar refractivity (Wildman–Crippen MR) is 53.2 cm³/mol. The Kier molecular flexibility index (Phi) is 2.33. The summed E-state index contributed by atoms with van der Waals surface area (Å²) in [6.45, 7) is 4.67. The summed E-state index contributed by atoms with van der Waals surface area (Å²) in [6, 6.07) is 0. The summed E-state index contributed by atoms with van der Waals surface area (Å²) in [5.41, 5.74) is 1.29. The van der Waals surface area contributed by atoms with Crippen LogP contribution in [0, 0.1) is 6.92 Å². The van der Waals surface area contributed by atoms with Crippen LogP contribution in [-0.4, -0.2) is 25.0 Å². The molecule has 2 heterocycles. The molecule has 2 aromatic heterocycles. The number of fused-ring (bicyclic) bond motifs is 1. The van der Waals surface area contributed by atoms with Gasteiger partial charge in [-0.2, -0.15) is 0 Å². The van der Waals surface area contributed by atoms with Crippen molar-refractivity contribution >= 4 is 22.8 Å². The molecule has 0 bridgehead atoms. The third kappa shape index (κ3) is 1.43. The van der Waals surface area contributed by atoms with Crippen molar-refractivity contribution in [3.63, 3.8) is 0 Å². The van der Waals surface area contributed by atoms with Gasteiger partial charge in [0.15, 0.2) is 16.3 Å². The van der Waals surface area contributed by atoms with E-state index >= 15 is 0 Å². The fraction of sp³-hybridized carbons (Fsp3) is 0.500. The van der Waals surface area contributed by atoms with Crippen LogP contribution in [0.25, 0.3) is 11.2 Å². The first-order valence-corrected chi connectivity index (χ1v) is 4.83. The van der Waals surface area contributed by atoms with E-state index in [0.717, 1.165) is 13.0 Å². The van der Waals surface area contributed by atoms with Crippen LogP contribution in [0.2, 0.25) is 5.15 Å². The number of aromatic nitrogens is 5. The smallest absolute Gasteiger partial charge is 0.183 e. The van der Waals surface area contributed by atoms with Crippen molar-refractivity contribution in [3.05, 3.63) is 11.0 Å². The molecule has 2 aromatic rings. The fourth-order valence-corrected chi connectivity index (χ4v) is 1.53. The topological polar surface area (TPSA) is 56.5 Å². The third-order valence-electron chi connectivity index (χ3n) is 1.87. The van der Waals surface area contributed by atoms with Crippen LogP contribution in [0.5, 0.6) is 0 Å². The number of rotatable bonds is 2. The second kappa shape index (κ2) is 3.49. The number of hydrogen-bond acceptors (Lipinski definition) is 4. The molecule has 0 N–H and O–H groups in total. The molecule has 0 saturated heterocycles. The monoisotopic (exact) mass is 211 g/mol. The minimum Gasteiger partial charge on any atom is -0.227 e. The van der Waals surface area contributed by atoms with Crippen LogP contribution in [0.1, 0.15) is 19.2 Å². The highest BCUT2D eigenvalue weighted by Gasteiger charge is 2.10. The zero-order chi connectivity index (χ0) is 10.1. The second-order valence-corrected chi connectivity index (χ2v) is 3.40. The molecule has 0 fully saturated rings.